The summed E-state index contributed by atoms with van der Waals surface area (Å²) >= 11 is 0. The number of ketones is 1. The van der Waals surface area contributed by atoms with Gasteiger partial charge in [0.2, 0.25) is 0 Å². The van der Waals surface area contributed by atoms with Gasteiger partial charge < -0.3 is 24.2 Å². The quantitative estimate of drug-likeness (QED) is 0.308. The molecule has 30 heavy (non-hydrogen) atoms. The number of amides is 1. The fraction of sp³-hybridized carbons (Fsp3) is 0.318. The number of ether oxygens (including phenoxy) is 3. The van der Waals surface area contributed by atoms with E-state index in [0.29, 0.717) is 30.2 Å². The standard InChI is InChI=1S/C22H24N2O6/c1-28-13-7-12-24-19(14-8-4-5-11-23-14)18(21(26)22(24)27)20(25)17-15(29-2)9-6-10-16(17)30-3/h4-6,8-11,19,25H,7,12-13H2,1-3H3/b20-18+. The first-order valence-corrected chi connectivity index (χ1v) is 9.44. The zero-order chi connectivity index (χ0) is 21.7. The number of rotatable bonds is 8. The monoisotopic (exact) mass is 412 g/mol. The Morgan fingerprint density at radius 3 is 2.33 bits per heavy atom. The van der Waals surface area contributed by atoms with Crippen molar-refractivity contribution < 1.29 is 28.9 Å². The third-order valence-corrected chi connectivity index (χ3v) is 4.92. The molecule has 1 saturated heterocycles. The summed E-state index contributed by atoms with van der Waals surface area (Å²) < 4.78 is 15.8. The van der Waals surface area contributed by atoms with Crippen LogP contribution in [0, 0.1) is 0 Å². The number of hydrogen-bond acceptors (Lipinski definition) is 7. The van der Waals surface area contributed by atoms with Crippen LogP contribution in [0.4, 0.5) is 0 Å². The molecule has 1 N–H and O–H groups in total. The van der Waals surface area contributed by atoms with Crippen molar-refractivity contribution >= 4 is 17.4 Å². The van der Waals surface area contributed by atoms with Crippen molar-refractivity contribution in [3.05, 3.63) is 59.4 Å². The molecule has 0 spiro atoms. The van der Waals surface area contributed by atoms with Gasteiger partial charge in [-0.05, 0) is 30.7 Å². The minimum Gasteiger partial charge on any atom is -0.506 e. The Bertz CT molecular complexity index is 935. The van der Waals surface area contributed by atoms with Crippen LogP contribution in [0.3, 0.4) is 0 Å². The van der Waals surface area contributed by atoms with Gasteiger partial charge in [-0.25, -0.2) is 0 Å². The lowest BCUT2D eigenvalue weighted by Gasteiger charge is -2.24. The van der Waals surface area contributed by atoms with Crippen LogP contribution in [0.25, 0.3) is 5.76 Å². The molecule has 1 unspecified atom stereocenters. The number of aliphatic hydroxyl groups is 1. The van der Waals surface area contributed by atoms with E-state index in [1.165, 1.54) is 19.1 Å². The van der Waals surface area contributed by atoms with E-state index in [-0.39, 0.29) is 23.4 Å². The molecular weight excluding hydrogens is 388 g/mol. The lowest BCUT2D eigenvalue weighted by atomic mass is 9.97. The Hall–Kier alpha value is -3.39. The average molecular weight is 412 g/mol. The number of aliphatic hydroxyl groups excluding tert-OH is 1. The SMILES string of the molecule is COCCCN1C(=O)C(=O)/C(=C(/O)c2c(OC)cccc2OC)C1c1ccccn1. The average Bonchev–Trinajstić information content (AvgIpc) is 3.03. The van der Waals surface area contributed by atoms with Gasteiger partial charge in [0.25, 0.3) is 11.7 Å². The summed E-state index contributed by atoms with van der Waals surface area (Å²) in [7, 11) is 4.47. The predicted octanol–water partition coefficient (Wildman–Crippen LogP) is 2.56. The van der Waals surface area contributed by atoms with E-state index in [1.54, 1.807) is 49.7 Å². The van der Waals surface area contributed by atoms with Crippen molar-refractivity contribution in [3.8, 4) is 11.5 Å². The molecule has 1 fully saturated rings. The number of carbonyl (C=O) groups excluding carboxylic acids is 2. The summed E-state index contributed by atoms with van der Waals surface area (Å²) in [5, 5.41) is 11.2. The van der Waals surface area contributed by atoms with Crippen LogP contribution in [0.5, 0.6) is 11.5 Å². The zero-order valence-electron chi connectivity index (χ0n) is 17.1. The van der Waals surface area contributed by atoms with Crippen molar-refractivity contribution in [2.75, 3.05) is 34.5 Å². The van der Waals surface area contributed by atoms with Gasteiger partial charge in [0.15, 0.2) is 0 Å². The summed E-state index contributed by atoms with van der Waals surface area (Å²) in [5.41, 5.74) is 0.627. The van der Waals surface area contributed by atoms with Crippen LogP contribution in [-0.4, -0.2) is 61.2 Å². The molecule has 1 aliphatic heterocycles. The van der Waals surface area contributed by atoms with E-state index in [1.807, 2.05) is 0 Å². The van der Waals surface area contributed by atoms with Crippen molar-refractivity contribution in [2.45, 2.75) is 12.5 Å². The van der Waals surface area contributed by atoms with Gasteiger partial charge >= 0.3 is 0 Å². The van der Waals surface area contributed by atoms with Crippen molar-refractivity contribution in [3.63, 3.8) is 0 Å². The number of pyridine rings is 1. The van der Waals surface area contributed by atoms with Gasteiger partial charge in [0.1, 0.15) is 28.9 Å². The number of likely N-dealkylation sites (tertiary alicyclic amines) is 1. The molecule has 158 valence electrons. The molecule has 3 rings (SSSR count). The molecule has 0 bridgehead atoms. The molecule has 1 aliphatic rings. The number of Topliss-reactive ketones (excluding diaryl/α,β-unsaturated/α-hetero) is 1. The van der Waals surface area contributed by atoms with Gasteiger partial charge in [-0.15, -0.1) is 0 Å². The molecule has 8 heteroatoms. The fourth-order valence-corrected chi connectivity index (χ4v) is 3.55. The second-order valence-corrected chi connectivity index (χ2v) is 6.63. The van der Waals surface area contributed by atoms with E-state index in [4.69, 9.17) is 14.2 Å². The minimum absolute atomic E-state index is 0.0566. The second-order valence-electron chi connectivity index (χ2n) is 6.63. The first-order chi connectivity index (χ1) is 14.5. The largest absolute Gasteiger partial charge is 0.506 e. The summed E-state index contributed by atoms with van der Waals surface area (Å²) in [6.07, 6.45) is 2.11. The molecule has 8 nitrogen and oxygen atoms in total. The van der Waals surface area contributed by atoms with E-state index >= 15 is 0 Å². The fourth-order valence-electron chi connectivity index (χ4n) is 3.55. The topological polar surface area (TPSA) is 98.2 Å². The zero-order valence-corrected chi connectivity index (χ0v) is 17.1. The molecule has 1 aromatic carbocycles. The van der Waals surface area contributed by atoms with Crippen molar-refractivity contribution in [1.82, 2.24) is 9.88 Å². The van der Waals surface area contributed by atoms with Gasteiger partial charge in [-0.3, -0.25) is 14.6 Å². The van der Waals surface area contributed by atoms with Crippen LogP contribution in [0.15, 0.2) is 48.2 Å². The van der Waals surface area contributed by atoms with Gasteiger partial charge in [-0.2, -0.15) is 0 Å². The highest BCUT2D eigenvalue weighted by molar-refractivity contribution is 6.46. The molecule has 1 aromatic heterocycles. The number of benzene rings is 1. The van der Waals surface area contributed by atoms with E-state index in [2.05, 4.69) is 4.98 Å². The van der Waals surface area contributed by atoms with E-state index in [9.17, 15) is 14.7 Å². The van der Waals surface area contributed by atoms with Crippen LogP contribution in [0.2, 0.25) is 0 Å². The van der Waals surface area contributed by atoms with Crippen molar-refractivity contribution in [2.24, 2.45) is 0 Å². The summed E-state index contributed by atoms with van der Waals surface area (Å²) in [4.78, 5) is 31.6. The Kier molecular flexibility index (Phi) is 6.68. The summed E-state index contributed by atoms with van der Waals surface area (Å²) in [5.74, 6) is -1.22. The highest BCUT2D eigenvalue weighted by Crippen LogP contribution is 2.42. The number of aromatic nitrogens is 1. The molecule has 1 amide bonds. The molecule has 0 saturated carbocycles. The molecule has 2 aromatic rings. The van der Waals surface area contributed by atoms with Gasteiger partial charge in [-0.1, -0.05) is 12.1 Å². The third-order valence-electron chi connectivity index (χ3n) is 4.92. The van der Waals surface area contributed by atoms with Crippen LogP contribution in [-0.2, 0) is 14.3 Å². The van der Waals surface area contributed by atoms with Crippen LogP contribution in [0.1, 0.15) is 23.7 Å². The molecule has 0 aliphatic carbocycles. The highest BCUT2D eigenvalue weighted by atomic mass is 16.5. The highest BCUT2D eigenvalue weighted by Gasteiger charge is 2.47. The number of nitrogens with zero attached hydrogens (tertiary/aromatic N) is 2. The first kappa shape index (κ1) is 21.3. The van der Waals surface area contributed by atoms with Crippen LogP contribution < -0.4 is 9.47 Å². The van der Waals surface area contributed by atoms with Gasteiger partial charge in [0.05, 0.1) is 25.5 Å². The maximum Gasteiger partial charge on any atom is 0.295 e. The maximum atomic E-state index is 13.0. The maximum absolute atomic E-state index is 13.0. The Balaban J connectivity index is 2.20. The first-order valence-electron chi connectivity index (χ1n) is 9.44. The number of methoxy groups -OCH3 is 3. The van der Waals surface area contributed by atoms with E-state index in [0.717, 1.165) is 0 Å². The smallest absolute Gasteiger partial charge is 0.295 e. The predicted molar refractivity (Wildman–Crippen MR) is 109 cm³/mol. The Morgan fingerprint density at radius 2 is 1.77 bits per heavy atom. The Labute approximate surface area is 174 Å². The molecule has 2 heterocycles. The molecule has 1 atom stereocenters. The lowest BCUT2D eigenvalue weighted by molar-refractivity contribution is -0.140. The minimum atomic E-state index is -0.835. The number of hydrogen-bond donors (Lipinski definition) is 1. The van der Waals surface area contributed by atoms with E-state index < -0.39 is 17.7 Å². The normalized spacial score (nSPS) is 18.0. The van der Waals surface area contributed by atoms with Crippen molar-refractivity contribution in [1.29, 1.82) is 0 Å². The lowest BCUT2D eigenvalue weighted by Crippen LogP contribution is -2.31. The number of carbonyl (C=O) groups is 2. The summed E-state index contributed by atoms with van der Waals surface area (Å²) in [6, 6.07) is 9.37. The molecular formula is C22H24N2O6. The third kappa shape index (κ3) is 3.86. The van der Waals surface area contributed by atoms with Crippen LogP contribution >= 0.6 is 0 Å². The second kappa shape index (κ2) is 9.41. The molecule has 0 radical (unpaired) electrons. The summed E-state index contributed by atoms with van der Waals surface area (Å²) in [6.45, 7) is 0.706. The Morgan fingerprint density at radius 1 is 1.07 bits per heavy atom. The van der Waals surface area contributed by atoms with Gasteiger partial charge in [0, 0.05) is 26.5 Å².